The highest BCUT2D eigenvalue weighted by Crippen LogP contribution is 2.20. The van der Waals surface area contributed by atoms with E-state index in [1.165, 1.54) is 0 Å². The van der Waals surface area contributed by atoms with Crippen LogP contribution in [0.25, 0.3) is 5.69 Å². The number of hydrogen-bond acceptors (Lipinski definition) is 4. The maximum Gasteiger partial charge on any atom is 0.223 e. The Balaban J connectivity index is 1.60. The third-order valence-corrected chi connectivity index (χ3v) is 4.71. The summed E-state index contributed by atoms with van der Waals surface area (Å²) in [7, 11) is 0. The van der Waals surface area contributed by atoms with Gasteiger partial charge in [0.2, 0.25) is 5.91 Å². The molecule has 0 spiro atoms. The van der Waals surface area contributed by atoms with E-state index in [2.05, 4.69) is 10.2 Å². The minimum atomic E-state index is -0.359. The summed E-state index contributed by atoms with van der Waals surface area (Å²) in [5.74, 6) is 1.11. The number of hydrogen-bond donors (Lipinski definition) is 1. The Kier molecular flexibility index (Phi) is 5.25. The number of aliphatic hydroxyl groups is 1. The van der Waals surface area contributed by atoms with Gasteiger partial charge in [0.05, 0.1) is 6.10 Å². The standard InChI is InChI=1S/C18H24N4O2/c1-14(23)15-6-5-11-21(12-15)18(24)10-9-17-20-19-13-22(17)16-7-3-2-4-8-16/h2-4,7-8,13-15,23H,5-6,9-12H2,1H3. The highest BCUT2D eigenvalue weighted by Gasteiger charge is 2.26. The van der Waals surface area contributed by atoms with Crippen LogP contribution in [0.15, 0.2) is 36.7 Å². The summed E-state index contributed by atoms with van der Waals surface area (Å²) in [6.45, 7) is 3.25. The van der Waals surface area contributed by atoms with Crippen molar-refractivity contribution in [2.45, 2.75) is 38.7 Å². The quantitative estimate of drug-likeness (QED) is 0.909. The Bertz CT molecular complexity index is 669. The number of piperidine rings is 1. The van der Waals surface area contributed by atoms with Gasteiger partial charge in [-0.15, -0.1) is 10.2 Å². The highest BCUT2D eigenvalue weighted by molar-refractivity contribution is 5.76. The fourth-order valence-corrected chi connectivity index (χ4v) is 3.24. The van der Waals surface area contributed by atoms with Crippen LogP contribution in [0.2, 0.25) is 0 Å². The SMILES string of the molecule is CC(O)C1CCCN(C(=O)CCc2nncn2-c2ccccc2)C1. The van der Waals surface area contributed by atoms with Crippen LogP contribution >= 0.6 is 0 Å². The van der Waals surface area contributed by atoms with Gasteiger partial charge in [0, 0.05) is 37.5 Å². The second kappa shape index (κ2) is 7.57. The van der Waals surface area contributed by atoms with Crippen LogP contribution in [0.3, 0.4) is 0 Å². The number of rotatable bonds is 5. The third-order valence-electron chi connectivity index (χ3n) is 4.71. The highest BCUT2D eigenvalue weighted by atomic mass is 16.3. The van der Waals surface area contributed by atoms with Crippen LogP contribution in [0.4, 0.5) is 0 Å². The summed E-state index contributed by atoms with van der Waals surface area (Å²) >= 11 is 0. The van der Waals surface area contributed by atoms with Crippen molar-refractivity contribution in [2.75, 3.05) is 13.1 Å². The third kappa shape index (κ3) is 3.82. The van der Waals surface area contributed by atoms with E-state index < -0.39 is 0 Å². The lowest BCUT2D eigenvalue weighted by atomic mass is 9.93. The number of carbonyl (C=O) groups is 1. The lowest BCUT2D eigenvalue weighted by Crippen LogP contribution is -2.43. The largest absolute Gasteiger partial charge is 0.393 e. The molecule has 1 aromatic heterocycles. The average Bonchev–Trinajstić information content (AvgIpc) is 3.09. The number of nitrogens with zero attached hydrogens (tertiary/aromatic N) is 4. The van der Waals surface area contributed by atoms with E-state index in [0.29, 0.717) is 19.4 Å². The molecule has 0 bridgehead atoms. The van der Waals surface area contributed by atoms with Gasteiger partial charge in [-0.05, 0) is 31.9 Å². The maximum absolute atomic E-state index is 12.5. The Hall–Kier alpha value is -2.21. The zero-order valence-electron chi connectivity index (χ0n) is 14.0. The Morgan fingerprint density at radius 3 is 2.92 bits per heavy atom. The number of aryl methyl sites for hydroxylation is 1. The molecule has 0 radical (unpaired) electrons. The van der Waals surface area contributed by atoms with Crippen molar-refractivity contribution in [3.8, 4) is 5.69 Å². The number of aromatic nitrogens is 3. The molecule has 128 valence electrons. The molecule has 24 heavy (non-hydrogen) atoms. The lowest BCUT2D eigenvalue weighted by Gasteiger charge is -2.34. The summed E-state index contributed by atoms with van der Waals surface area (Å²) < 4.78 is 1.92. The fraction of sp³-hybridized carbons (Fsp3) is 0.500. The second-order valence-corrected chi connectivity index (χ2v) is 6.44. The molecular weight excluding hydrogens is 304 g/mol. The van der Waals surface area contributed by atoms with Crippen LogP contribution in [0.1, 0.15) is 32.0 Å². The monoisotopic (exact) mass is 328 g/mol. The first-order valence-electron chi connectivity index (χ1n) is 8.55. The molecule has 1 aromatic carbocycles. The molecule has 1 amide bonds. The van der Waals surface area contributed by atoms with Crippen LogP contribution in [0.5, 0.6) is 0 Å². The fourth-order valence-electron chi connectivity index (χ4n) is 3.24. The summed E-state index contributed by atoms with van der Waals surface area (Å²) in [6.07, 6.45) is 4.24. The van der Waals surface area contributed by atoms with Crippen molar-refractivity contribution in [3.63, 3.8) is 0 Å². The predicted molar refractivity (Wildman–Crippen MR) is 90.7 cm³/mol. The maximum atomic E-state index is 12.5. The minimum absolute atomic E-state index is 0.128. The zero-order chi connectivity index (χ0) is 16.9. The van der Waals surface area contributed by atoms with Gasteiger partial charge < -0.3 is 10.0 Å². The van der Waals surface area contributed by atoms with Crippen LogP contribution in [0, 0.1) is 5.92 Å². The number of carbonyl (C=O) groups excluding carboxylic acids is 1. The number of amides is 1. The molecule has 1 fully saturated rings. The van der Waals surface area contributed by atoms with Gasteiger partial charge in [-0.1, -0.05) is 18.2 Å². The van der Waals surface area contributed by atoms with E-state index >= 15 is 0 Å². The molecule has 0 saturated carbocycles. The summed E-state index contributed by atoms with van der Waals surface area (Å²) in [6, 6.07) is 9.88. The van der Waals surface area contributed by atoms with Gasteiger partial charge >= 0.3 is 0 Å². The summed E-state index contributed by atoms with van der Waals surface area (Å²) in [5.41, 5.74) is 0.997. The molecule has 1 saturated heterocycles. The first-order valence-corrected chi connectivity index (χ1v) is 8.55. The smallest absolute Gasteiger partial charge is 0.223 e. The van der Waals surface area contributed by atoms with Crippen molar-refractivity contribution < 1.29 is 9.90 Å². The molecule has 2 heterocycles. The lowest BCUT2D eigenvalue weighted by molar-refractivity contribution is -0.133. The van der Waals surface area contributed by atoms with E-state index in [1.54, 1.807) is 13.3 Å². The van der Waals surface area contributed by atoms with Crippen LogP contribution in [-0.4, -0.2) is 49.9 Å². The van der Waals surface area contributed by atoms with E-state index in [-0.39, 0.29) is 17.9 Å². The number of likely N-dealkylation sites (tertiary alicyclic amines) is 1. The Morgan fingerprint density at radius 2 is 2.17 bits per heavy atom. The first kappa shape index (κ1) is 16.6. The first-order chi connectivity index (χ1) is 11.6. The van der Waals surface area contributed by atoms with Crippen molar-refractivity contribution in [1.29, 1.82) is 0 Å². The zero-order valence-corrected chi connectivity index (χ0v) is 14.0. The van der Waals surface area contributed by atoms with Crippen molar-refractivity contribution in [2.24, 2.45) is 5.92 Å². The van der Waals surface area contributed by atoms with Crippen LogP contribution in [-0.2, 0) is 11.2 Å². The molecular formula is C18H24N4O2. The normalized spacial score (nSPS) is 19.2. The van der Waals surface area contributed by atoms with Gasteiger partial charge in [-0.2, -0.15) is 0 Å². The van der Waals surface area contributed by atoms with Gasteiger partial charge in [0.25, 0.3) is 0 Å². The van der Waals surface area contributed by atoms with E-state index in [0.717, 1.165) is 30.9 Å². The van der Waals surface area contributed by atoms with Gasteiger partial charge in [0.15, 0.2) is 0 Å². The summed E-state index contributed by atoms with van der Waals surface area (Å²) in [5, 5.41) is 17.9. The van der Waals surface area contributed by atoms with E-state index in [4.69, 9.17) is 0 Å². The summed E-state index contributed by atoms with van der Waals surface area (Å²) in [4.78, 5) is 14.4. The van der Waals surface area contributed by atoms with Crippen molar-refractivity contribution in [3.05, 3.63) is 42.5 Å². The molecule has 1 N–H and O–H groups in total. The van der Waals surface area contributed by atoms with E-state index in [9.17, 15) is 9.90 Å². The van der Waals surface area contributed by atoms with Crippen molar-refractivity contribution >= 4 is 5.91 Å². The van der Waals surface area contributed by atoms with Gasteiger partial charge in [0.1, 0.15) is 12.2 Å². The number of benzene rings is 1. The van der Waals surface area contributed by atoms with E-state index in [1.807, 2.05) is 39.8 Å². The molecule has 1 aliphatic rings. The molecule has 2 atom stereocenters. The molecule has 2 aromatic rings. The molecule has 1 aliphatic heterocycles. The Labute approximate surface area is 142 Å². The topological polar surface area (TPSA) is 71.2 Å². The molecule has 2 unspecified atom stereocenters. The van der Waals surface area contributed by atoms with Gasteiger partial charge in [-0.25, -0.2) is 0 Å². The molecule has 6 nitrogen and oxygen atoms in total. The molecule has 3 rings (SSSR count). The molecule has 0 aliphatic carbocycles. The van der Waals surface area contributed by atoms with Crippen LogP contribution < -0.4 is 0 Å². The average molecular weight is 328 g/mol. The number of para-hydroxylation sites is 1. The predicted octanol–water partition coefficient (Wildman–Crippen LogP) is 1.82. The number of aliphatic hydroxyl groups excluding tert-OH is 1. The second-order valence-electron chi connectivity index (χ2n) is 6.44. The Morgan fingerprint density at radius 1 is 1.38 bits per heavy atom. The molecule has 6 heteroatoms. The van der Waals surface area contributed by atoms with Gasteiger partial charge in [-0.3, -0.25) is 9.36 Å². The van der Waals surface area contributed by atoms with Crippen molar-refractivity contribution in [1.82, 2.24) is 19.7 Å². The minimum Gasteiger partial charge on any atom is -0.393 e.